The Bertz CT molecular complexity index is 962. The minimum absolute atomic E-state index is 0.0915. The average molecular weight is 440 g/mol. The van der Waals surface area contributed by atoms with E-state index >= 15 is 0 Å². The maximum Gasteiger partial charge on any atom is 0.289 e. The zero-order valence-corrected chi connectivity index (χ0v) is 19.5. The molecule has 0 N–H and O–H groups in total. The Balaban J connectivity index is 1.45. The van der Waals surface area contributed by atoms with Crippen LogP contribution in [0.2, 0.25) is 0 Å². The molecule has 1 aromatic heterocycles. The number of carbonyl (C=O) groups is 2. The van der Waals surface area contributed by atoms with Gasteiger partial charge in [0.2, 0.25) is 5.91 Å². The van der Waals surface area contributed by atoms with Crippen molar-refractivity contribution in [1.82, 2.24) is 9.80 Å². The molecule has 1 aromatic carbocycles. The maximum atomic E-state index is 13.5. The van der Waals surface area contributed by atoms with Crippen LogP contribution >= 0.6 is 0 Å². The lowest BCUT2D eigenvalue weighted by atomic mass is 9.80. The number of anilines is 1. The number of benzene rings is 1. The number of carbonyl (C=O) groups excluding carboxylic acids is 2. The molecule has 4 rings (SSSR count). The third-order valence-corrected chi connectivity index (χ3v) is 6.49. The maximum absolute atomic E-state index is 13.5. The van der Waals surface area contributed by atoms with Gasteiger partial charge >= 0.3 is 0 Å². The van der Waals surface area contributed by atoms with Gasteiger partial charge in [0.1, 0.15) is 5.75 Å². The Kier molecular flexibility index (Phi) is 6.29. The number of piperazine rings is 1. The van der Waals surface area contributed by atoms with Gasteiger partial charge in [0.05, 0.1) is 19.4 Å². The van der Waals surface area contributed by atoms with Crippen LogP contribution in [-0.2, 0) is 4.79 Å². The van der Waals surface area contributed by atoms with E-state index in [2.05, 4.69) is 31.7 Å². The SMILES string of the molecule is CCOc1ccc2c(c1)[C@H](C)CC(C)(C)N2C(=O)CN1CCN(C(=O)c2ccco2)CC1. The molecule has 1 atom stereocenters. The fourth-order valence-corrected chi connectivity index (χ4v) is 5.06. The minimum atomic E-state index is -0.270. The van der Waals surface area contributed by atoms with E-state index in [4.69, 9.17) is 9.15 Å². The molecule has 172 valence electrons. The van der Waals surface area contributed by atoms with Crippen LogP contribution in [-0.4, -0.2) is 66.5 Å². The molecule has 7 heteroatoms. The van der Waals surface area contributed by atoms with Gasteiger partial charge in [0.15, 0.2) is 5.76 Å². The number of fused-ring (bicyclic) bond motifs is 1. The summed E-state index contributed by atoms with van der Waals surface area (Å²) in [4.78, 5) is 31.9. The predicted octanol–water partition coefficient (Wildman–Crippen LogP) is 3.76. The zero-order valence-electron chi connectivity index (χ0n) is 19.5. The van der Waals surface area contributed by atoms with E-state index in [1.165, 1.54) is 6.26 Å². The molecule has 1 saturated heterocycles. The topological polar surface area (TPSA) is 66.2 Å². The molecule has 1 fully saturated rings. The second-order valence-electron chi connectivity index (χ2n) is 9.35. The second kappa shape index (κ2) is 8.98. The fraction of sp³-hybridized carbons (Fsp3) is 0.520. The van der Waals surface area contributed by atoms with Crippen molar-refractivity contribution in [2.45, 2.75) is 45.6 Å². The van der Waals surface area contributed by atoms with Crippen molar-refractivity contribution in [3.05, 3.63) is 47.9 Å². The molecule has 0 bridgehead atoms. The highest BCUT2D eigenvalue weighted by atomic mass is 16.5. The average Bonchev–Trinajstić information content (AvgIpc) is 3.29. The molecule has 7 nitrogen and oxygen atoms in total. The Morgan fingerprint density at radius 3 is 2.56 bits per heavy atom. The van der Waals surface area contributed by atoms with Gasteiger partial charge in [0.25, 0.3) is 5.91 Å². The normalized spacial score (nSPS) is 20.7. The molecule has 2 aliphatic rings. The summed E-state index contributed by atoms with van der Waals surface area (Å²) in [6.07, 6.45) is 2.41. The highest BCUT2D eigenvalue weighted by Gasteiger charge is 2.40. The van der Waals surface area contributed by atoms with Crippen molar-refractivity contribution >= 4 is 17.5 Å². The lowest BCUT2D eigenvalue weighted by Gasteiger charge is -2.47. The molecule has 0 radical (unpaired) electrons. The highest BCUT2D eigenvalue weighted by molar-refractivity contribution is 5.97. The fourth-order valence-electron chi connectivity index (χ4n) is 5.06. The third kappa shape index (κ3) is 4.39. The molecule has 0 spiro atoms. The van der Waals surface area contributed by atoms with Crippen molar-refractivity contribution in [2.24, 2.45) is 0 Å². The molecular formula is C25H33N3O4. The largest absolute Gasteiger partial charge is 0.494 e. The third-order valence-electron chi connectivity index (χ3n) is 6.49. The first-order valence-corrected chi connectivity index (χ1v) is 11.4. The van der Waals surface area contributed by atoms with Gasteiger partial charge in [0, 0.05) is 37.4 Å². The van der Waals surface area contributed by atoms with Crippen LogP contribution in [0.1, 0.15) is 56.2 Å². The van der Waals surface area contributed by atoms with Gasteiger partial charge in [-0.15, -0.1) is 0 Å². The number of ether oxygens (including phenoxy) is 1. The van der Waals surface area contributed by atoms with Crippen LogP contribution in [0.15, 0.2) is 41.0 Å². The Morgan fingerprint density at radius 1 is 1.16 bits per heavy atom. The van der Waals surface area contributed by atoms with Crippen molar-refractivity contribution in [2.75, 3.05) is 44.2 Å². The van der Waals surface area contributed by atoms with Crippen molar-refractivity contribution < 1.29 is 18.7 Å². The van der Waals surface area contributed by atoms with E-state index in [-0.39, 0.29) is 17.4 Å². The van der Waals surface area contributed by atoms with Gasteiger partial charge in [-0.1, -0.05) is 6.92 Å². The van der Waals surface area contributed by atoms with Gasteiger partial charge in [-0.3, -0.25) is 14.5 Å². The van der Waals surface area contributed by atoms with Crippen LogP contribution in [0, 0.1) is 0 Å². The Labute approximate surface area is 189 Å². The lowest BCUT2D eigenvalue weighted by Crippen LogP contribution is -2.56. The van der Waals surface area contributed by atoms with Crippen LogP contribution in [0.5, 0.6) is 5.75 Å². The van der Waals surface area contributed by atoms with E-state index < -0.39 is 0 Å². The van der Waals surface area contributed by atoms with Crippen LogP contribution in [0.25, 0.3) is 0 Å². The molecule has 0 saturated carbocycles. The molecule has 0 unspecified atom stereocenters. The minimum Gasteiger partial charge on any atom is -0.494 e. The Morgan fingerprint density at radius 2 is 1.91 bits per heavy atom. The number of hydrogen-bond acceptors (Lipinski definition) is 5. The number of furan rings is 1. The van der Waals surface area contributed by atoms with Gasteiger partial charge in [-0.2, -0.15) is 0 Å². The van der Waals surface area contributed by atoms with Gasteiger partial charge < -0.3 is 19.0 Å². The number of rotatable bonds is 5. The summed E-state index contributed by atoms with van der Waals surface area (Å²) in [5, 5.41) is 0. The summed E-state index contributed by atoms with van der Waals surface area (Å²) in [7, 11) is 0. The number of amides is 2. The molecule has 2 amide bonds. The second-order valence-corrected chi connectivity index (χ2v) is 9.35. The van der Waals surface area contributed by atoms with E-state index in [1.54, 1.807) is 17.0 Å². The quantitative estimate of drug-likeness (QED) is 0.710. The van der Waals surface area contributed by atoms with Crippen molar-refractivity contribution in [3.63, 3.8) is 0 Å². The Hall–Kier alpha value is -2.80. The molecule has 0 aliphatic carbocycles. The summed E-state index contributed by atoms with van der Waals surface area (Å²) < 4.78 is 10.9. The van der Waals surface area contributed by atoms with E-state index in [1.807, 2.05) is 24.0 Å². The van der Waals surface area contributed by atoms with E-state index in [9.17, 15) is 9.59 Å². The highest BCUT2D eigenvalue weighted by Crippen LogP contribution is 2.44. The van der Waals surface area contributed by atoms with Crippen molar-refractivity contribution in [3.8, 4) is 5.75 Å². The monoisotopic (exact) mass is 439 g/mol. The first kappa shape index (κ1) is 22.4. The van der Waals surface area contributed by atoms with Crippen LogP contribution in [0.4, 0.5) is 5.69 Å². The zero-order chi connectivity index (χ0) is 22.9. The molecular weight excluding hydrogens is 406 g/mol. The molecule has 3 heterocycles. The summed E-state index contributed by atoms with van der Waals surface area (Å²) in [5.41, 5.74) is 1.87. The molecule has 2 aliphatic heterocycles. The lowest BCUT2D eigenvalue weighted by molar-refractivity contribution is -0.121. The first-order chi connectivity index (χ1) is 15.3. The van der Waals surface area contributed by atoms with Crippen molar-refractivity contribution in [1.29, 1.82) is 0 Å². The predicted molar refractivity (Wildman–Crippen MR) is 123 cm³/mol. The smallest absolute Gasteiger partial charge is 0.289 e. The summed E-state index contributed by atoms with van der Waals surface area (Å²) in [5.74, 6) is 1.56. The van der Waals surface area contributed by atoms with Crippen LogP contribution in [0.3, 0.4) is 0 Å². The van der Waals surface area contributed by atoms with E-state index in [0.29, 0.717) is 51.0 Å². The summed E-state index contributed by atoms with van der Waals surface area (Å²) in [6, 6.07) is 9.47. The number of hydrogen-bond donors (Lipinski definition) is 0. The van der Waals surface area contributed by atoms with Gasteiger partial charge in [-0.25, -0.2) is 0 Å². The standard InChI is InChI=1S/C25H33N3O4/c1-5-31-19-8-9-21-20(15-19)18(2)16-25(3,4)28(21)23(29)17-26-10-12-27(13-11-26)24(30)22-7-6-14-32-22/h6-9,14-15,18H,5,10-13,16-17H2,1-4H3/t18-/m1/s1. The van der Waals surface area contributed by atoms with E-state index in [0.717, 1.165) is 23.4 Å². The van der Waals surface area contributed by atoms with Crippen LogP contribution < -0.4 is 9.64 Å². The summed E-state index contributed by atoms with van der Waals surface area (Å²) in [6.45, 7) is 11.9. The summed E-state index contributed by atoms with van der Waals surface area (Å²) >= 11 is 0. The van der Waals surface area contributed by atoms with Gasteiger partial charge in [-0.05, 0) is 69.0 Å². The number of nitrogens with zero attached hydrogens (tertiary/aromatic N) is 3. The molecule has 32 heavy (non-hydrogen) atoms. The molecule has 2 aromatic rings. The first-order valence-electron chi connectivity index (χ1n) is 11.4.